The Morgan fingerprint density at radius 3 is 2.75 bits per heavy atom. The molecule has 1 heterocycles. The van der Waals surface area contributed by atoms with Crippen LogP contribution in [0, 0.1) is 0 Å². The highest BCUT2D eigenvalue weighted by atomic mass is 35.5. The van der Waals surface area contributed by atoms with Crippen molar-refractivity contribution in [3.63, 3.8) is 0 Å². The molecule has 0 aliphatic heterocycles. The number of rotatable bonds is 4. The van der Waals surface area contributed by atoms with Crippen LogP contribution in [0.25, 0.3) is 0 Å². The Morgan fingerprint density at radius 1 is 1.62 bits per heavy atom. The van der Waals surface area contributed by atoms with Crippen LogP contribution >= 0.6 is 23.1 Å². The lowest BCUT2D eigenvalue weighted by atomic mass is 10.0. The molecule has 1 N–H and O–H groups in total. The van der Waals surface area contributed by atoms with Crippen LogP contribution in [0.1, 0.15) is 43.1 Å². The van der Waals surface area contributed by atoms with E-state index in [9.17, 15) is 4.79 Å². The first-order valence-electron chi connectivity index (χ1n) is 5.16. The molecule has 16 heavy (non-hydrogen) atoms. The lowest BCUT2D eigenvalue weighted by Crippen LogP contribution is -2.49. The molecule has 4 nitrogen and oxygen atoms in total. The molecule has 0 radical (unpaired) electrons. The van der Waals surface area contributed by atoms with Crippen molar-refractivity contribution in [1.82, 2.24) is 14.9 Å². The van der Waals surface area contributed by atoms with Gasteiger partial charge >= 0.3 is 0 Å². The minimum atomic E-state index is -0.451. The third-order valence-corrected chi connectivity index (χ3v) is 3.84. The molecule has 6 heteroatoms. The van der Waals surface area contributed by atoms with E-state index in [0.29, 0.717) is 11.3 Å². The Morgan fingerprint density at radius 2 is 2.25 bits per heavy atom. The van der Waals surface area contributed by atoms with E-state index in [4.69, 9.17) is 11.6 Å². The second-order valence-electron chi connectivity index (χ2n) is 4.19. The monoisotopic (exact) mass is 261 g/mol. The van der Waals surface area contributed by atoms with Gasteiger partial charge in [0, 0.05) is 0 Å². The maximum atomic E-state index is 12.0. The summed E-state index contributed by atoms with van der Waals surface area (Å²) < 4.78 is 3.79. The Kier molecular flexibility index (Phi) is 4.27. The van der Waals surface area contributed by atoms with Crippen LogP contribution in [-0.4, -0.2) is 26.4 Å². The van der Waals surface area contributed by atoms with E-state index in [0.717, 1.165) is 17.2 Å². The van der Waals surface area contributed by atoms with Gasteiger partial charge in [0.25, 0.3) is 5.91 Å². The van der Waals surface area contributed by atoms with E-state index in [1.165, 1.54) is 0 Å². The summed E-state index contributed by atoms with van der Waals surface area (Å²) >= 11 is 7.12. The summed E-state index contributed by atoms with van der Waals surface area (Å²) in [6.07, 6.45) is 0.704. The Balaban J connectivity index is 2.81. The van der Waals surface area contributed by atoms with Crippen molar-refractivity contribution >= 4 is 29.0 Å². The molecule has 90 valence electrons. The van der Waals surface area contributed by atoms with Gasteiger partial charge in [0.1, 0.15) is 4.88 Å². The van der Waals surface area contributed by atoms with Crippen LogP contribution in [-0.2, 0) is 6.42 Å². The average molecular weight is 262 g/mol. The average Bonchev–Trinajstić information content (AvgIpc) is 2.64. The molecule has 1 unspecified atom stereocenters. The summed E-state index contributed by atoms with van der Waals surface area (Å²) in [6, 6.07) is 0. The second-order valence-corrected chi connectivity index (χ2v) is 5.60. The first kappa shape index (κ1) is 13.4. The van der Waals surface area contributed by atoms with Crippen molar-refractivity contribution in [3.05, 3.63) is 10.6 Å². The molecular formula is C10H16ClN3OS. The predicted octanol–water partition coefficient (Wildman–Crippen LogP) is 2.24. The van der Waals surface area contributed by atoms with E-state index in [-0.39, 0.29) is 11.3 Å². The standard InChI is InChI=1S/C10H16ClN3OS/c1-5-7-8(16-14-13-7)9(15)12-10(3,4)6(2)11/h6H,5H2,1-4H3,(H,12,15). The molecule has 0 fully saturated rings. The molecule has 0 spiro atoms. The van der Waals surface area contributed by atoms with Crippen molar-refractivity contribution in [3.8, 4) is 0 Å². The van der Waals surface area contributed by atoms with E-state index < -0.39 is 5.54 Å². The maximum Gasteiger partial charge on any atom is 0.265 e. The van der Waals surface area contributed by atoms with Crippen molar-refractivity contribution in [2.24, 2.45) is 0 Å². The Labute approximate surface area is 105 Å². The van der Waals surface area contributed by atoms with Crippen molar-refractivity contribution in [2.75, 3.05) is 0 Å². The van der Waals surface area contributed by atoms with Gasteiger partial charge in [0.15, 0.2) is 0 Å². The van der Waals surface area contributed by atoms with Crippen molar-refractivity contribution in [2.45, 2.75) is 45.0 Å². The van der Waals surface area contributed by atoms with Gasteiger partial charge in [-0.1, -0.05) is 11.4 Å². The SMILES string of the molecule is CCc1nnsc1C(=O)NC(C)(C)C(C)Cl. The van der Waals surface area contributed by atoms with Gasteiger partial charge in [0.05, 0.1) is 16.6 Å². The summed E-state index contributed by atoms with van der Waals surface area (Å²) in [5.74, 6) is -0.149. The molecule has 0 aromatic carbocycles. The van der Waals surface area contributed by atoms with Crippen LogP contribution in [0.2, 0.25) is 0 Å². The Bertz CT molecular complexity index is 376. The summed E-state index contributed by atoms with van der Waals surface area (Å²) in [5, 5.41) is 6.65. The van der Waals surface area contributed by atoms with Crippen molar-refractivity contribution < 1.29 is 4.79 Å². The molecule has 0 bridgehead atoms. The number of hydrogen-bond acceptors (Lipinski definition) is 4. The van der Waals surface area contributed by atoms with Gasteiger partial charge in [-0.25, -0.2) is 0 Å². The topological polar surface area (TPSA) is 54.9 Å². The maximum absolute atomic E-state index is 12.0. The predicted molar refractivity (Wildman–Crippen MR) is 66.1 cm³/mol. The lowest BCUT2D eigenvalue weighted by Gasteiger charge is -2.28. The van der Waals surface area contributed by atoms with Crippen LogP contribution in [0.4, 0.5) is 0 Å². The number of aromatic nitrogens is 2. The fraction of sp³-hybridized carbons (Fsp3) is 0.700. The zero-order valence-electron chi connectivity index (χ0n) is 9.87. The highest BCUT2D eigenvalue weighted by Crippen LogP contribution is 2.17. The smallest absolute Gasteiger partial charge is 0.265 e. The van der Waals surface area contributed by atoms with Gasteiger partial charge in [-0.05, 0) is 38.7 Å². The van der Waals surface area contributed by atoms with Gasteiger partial charge in [-0.3, -0.25) is 4.79 Å². The fourth-order valence-corrected chi connectivity index (χ4v) is 1.76. The summed E-state index contributed by atoms with van der Waals surface area (Å²) in [4.78, 5) is 12.5. The normalized spacial score (nSPS) is 13.6. The molecule has 1 aromatic heterocycles. The van der Waals surface area contributed by atoms with E-state index in [2.05, 4.69) is 14.9 Å². The number of carbonyl (C=O) groups is 1. The van der Waals surface area contributed by atoms with Crippen LogP contribution in [0.15, 0.2) is 0 Å². The molecule has 0 saturated carbocycles. The number of nitrogens with one attached hydrogen (secondary N) is 1. The van der Waals surface area contributed by atoms with Crippen LogP contribution in [0.3, 0.4) is 0 Å². The zero-order chi connectivity index (χ0) is 12.3. The van der Waals surface area contributed by atoms with Gasteiger partial charge in [0.2, 0.25) is 0 Å². The van der Waals surface area contributed by atoms with E-state index in [1.54, 1.807) is 0 Å². The highest BCUT2D eigenvalue weighted by Gasteiger charge is 2.28. The van der Waals surface area contributed by atoms with Crippen molar-refractivity contribution in [1.29, 1.82) is 0 Å². The molecular weight excluding hydrogens is 246 g/mol. The number of carbonyl (C=O) groups excluding carboxylic acids is 1. The molecule has 1 atom stereocenters. The molecule has 1 aromatic rings. The highest BCUT2D eigenvalue weighted by molar-refractivity contribution is 7.08. The number of hydrogen-bond donors (Lipinski definition) is 1. The minimum Gasteiger partial charge on any atom is -0.345 e. The van der Waals surface area contributed by atoms with Gasteiger partial charge < -0.3 is 5.32 Å². The third-order valence-electron chi connectivity index (χ3n) is 2.53. The molecule has 0 aliphatic rings. The number of aryl methyl sites for hydroxylation is 1. The quantitative estimate of drug-likeness (QED) is 0.846. The number of amides is 1. The van der Waals surface area contributed by atoms with Crippen LogP contribution in [0.5, 0.6) is 0 Å². The number of halogens is 1. The summed E-state index contributed by atoms with van der Waals surface area (Å²) in [6.45, 7) is 7.58. The second kappa shape index (κ2) is 5.10. The number of alkyl halides is 1. The first-order valence-corrected chi connectivity index (χ1v) is 6.37. The third kappa shape index (κ3) is 2.92. The molecule has 1 amide bonds. The first-order chi connectivity index (χ1) is 7.38. The summed E-state index contributed by atoms with van der Waals surface area (Å²) in [5.41, 5.74) is 0.286. The van der Waals surface area contributed by atoms with E-state index in [1.807, 2.05) is 27.7 Å². The zero-order valence-corrected chi connectivity index (χ0v) is 11.4. The minimum absolute atomic E-state index is 0.149. The Hall–Kier alpha value is -0.680. The molecule has 1 rings (SSSR count). The largest absolute Gasteiger partial charge is 0.345 e. The fourth-order valence-electron chi connectivity index (χ4n) is 1.06. The molecule has 0 saturated heterocycles. The van der Waals surface area contributed by atoms with Gasteiger partial charge in [-0.2, -0.15) is 0 Å². The summed E-state index contributed by atoms with van der Waals surface area (Å²) in [7, 11) is 0. The van der Waals surface area contributed by atoms with E-state index >= 15 is 0 Å². The van der Waals surface area contributed by atoms with Gasteiger partial charge in [-0.15, -0.1) is 16.7 Å². The van der Waals surface area contributed by atoms with Crippen LogP contribution < -0.4 is 5.32 Å². The number of nitrogens with zero attached hydrogens (tertiary/aromatic N) is 2. The molecule has 0 aliphatic carbocycles. The lowest BCUT2D eigenvalue weighted by molar-refractivity contribution is 0.0915.